The summed E-state index contributed by atoms with van der Waals surface area (Å²) in [4.78, 5) is 13.8. The van der Waals surface area contributed by atoms with Crippen molar-refractivity contribution < 1.29 is 0 Å². The van der Waals surface area contributed by atoms with Crippen molar-refractivity contribution in [2.24, 2.45) is 0 Å². The summed E-state index contributed by atoms with van der Waals surface area (Å²) in [5.41, 5.74) is 13.3. The van der Waals surface area contributed by atoms with E-state index in [2.05, 4.69) is 56.3 Å². The lowest BCUT2D eigenvalue weighted by molar-refractivity contribution is 0.448. The second kappa shape index (κ2) is 7.59. The average Bonchev–Trinajstić information content (AvgIpc) is 3.18. The van der Waals surface area contributed by atoms with E-state index in [-0.39, 0.29) is 0 Å². The number of hydrogen-bond donors (Lipinski definition) is 2. The minimum Gasteiger partial charge on any atom is -0.383 e. The van der Waals surface area contributed by atoms with Crippen LogP contribution in [0.2, 0.25) is 0 Å². The molecule has 4 heterocycles. The standard InChI is InChI=1S/C26H22N6/c27-25-21(4-3-13-30-25)26-31-23-11-8-18(22-5-1-2-12-29-22)14-24(23)32(26)20-9-6-17(7-10-20)19-15-28-16-19/h1-14,19,28H,15-16H2,(H2,27,30). The molecule has 0 aliphatic carbocycles. The van der Waals surface area contributed by atoms with Crippen molar-refractivity contribution in [3.63, 3.8) is 0 Å². The zero-order chi connectivity index (χ0) is 21.5. The maximum Gasteiger partial charge on any atom is 0.149 e. The van der Waals surface area contributed by atoms with E-state index in [1.54, 1.807) is 6.20 Å². The maximum absolute atomic E-state index is 6.25. The number of nitrogen functional groups attached to an aromatic ring is 1. The molecule has 1 aliphatic heterocycles. The van der Waals surface area contributed by atoms with Crippen molar-refractivity contribution >= 4 is 16.9 Å². The molecule has 156 valence electrons. The average molecular weight is 419 g/mol. The van der Waals surface area contributed by atoms with Crippen molar-refractivity contribution in [3.8, 4) is 28.3 Å². The first-order valence-electron chi connectivity index (χ1n) is 10.7. The predicted molar refractivity (Wildman–Crippen MR) is 128 cm³/mol. The van der Waals surface area contributed by atoms with Gasteiger partial charge in [-0.15, -0.1) is 0 Å². The molecule has 0 spiro atoms. The van der Waals surface area contributed by atoms with Crippen molar-refractivity contribution in [3.05, 3.63) is 90.8 Å². The van der Waals surface area contributed by atoms with E-state index < -0.39 is 0 Å². The smallest absolute Gasteiger partial charge is 0.149 e. The Balaban J connectivity index is 1.57. The highest BCUT2D eigenvalue weighted by Gasteiger charge is 2.20. The molecule has 1 saturated heterocycles. The second-order valence-corrected chi connectivity index (χ2v) is 8.07. The van der Waals surface area contributed by atoms with Crippen LogP contribution in [0, 0.1) is 0 Å². The fourth-order valence-electron chi connectivity index (χ4n) is 4.24. The summed E-state index contributed by atoms with van der Waals surface area (Å²) in [5, 5.41) is 3.34. The summed E-state index contributed by atoms with van der Waals surface area (Å²) in [7, 11) is 0. The molecule has 3 N–H and O–H groups in total. The van der Waals surface area contributed by atoms with Crippen LogP contribution in [0.15, 0.2) is 85.2 Å². The highest BCUT2D eigenvalue weighted by molar-refractivity contribution is 5.88. The Morgan fingerprint density at radius 3 is 2.44 bits per heavy atom. The van der Waals surface area contributed by atoms with Gasteiger partial charge in [-0.05, 0) is 54.1 Å². The highest BCUT2D eigenvalue weighted by Crippen LogP contribution is 2.33. The van der Waals surface area contributed by atoms with Crippen LogP contribution >= 0.6 is 0 Å². The monoisotopic (exact) mass is 418 g/mol. The second-order valence-electron chi connectivity index (χ2n) is 8.07. The molecule has 6 nitrogen and oxygen atoms in total. The molecule has 0 unspecified atom stereocenters. The SMILES string of the molecule is Nc1ncccc1-c1nc2ccc(-c3ccccn3)cc2n1-c1ccc(C2CNC2)cc1. The molecule has 1 aliphatic rings. The van der Waals surface area contributed by atoms with Gasteiger partial charge >= 0.3 is 0 Å². The normalized spacial score (nSPS) is 13.9. The molecule has 1 fully saturated rings. The van der Waals surface area contributed by atoms with Crippen molar-refractivity contribution in [2.75, 3.05) is 18.8 Å². The predicted octanol–water partition coefficient (Wildman–Crippen LogP) is 4.42. The molecule has 0 radical (unpaired) electrons. The quantitative estimate of drug-likeness (QED) is 0.452. The Labute approximate surface area is 185 Å². The first-order chi connectivity index (χ1) is 15.8. The lowest BCUT2D eigenvalue weighted by Gasteiger charge is -2.27. The van der Waals surface area contributed by atoms with Crippen LogP contribution in [-0.4, -0.2) is 32.6 Å². The number of fused-ring (bicyclic) bond motifs is 1. The van der Waals surface area contributed by atoms with Gasteiger partial charge in [0.25, 0.3) is 0 Å². The molecule has 5 aromatic rings. The number of anilines is 1. The Hall–Kier alpha value is -4.03. The number of rotatable bonds is 4. The van der Waals surface area contributed by atoms with Crippen molar-refractivity contribution in [2.45, 2.75) is 5.92 Å². The number of pyridine rings is 2. The molecular weight excluding hydrogens is 396 g/mol. The maximum atomic E-state index is 6.25. The minimum atomic E-state index is 0.464. The van der Waals surface area contributed by atoms with Crippen molar-refractivity contribution in [1.29, 1.82) is 0 Å². The first kappa shape index (κ1) is 18.7. The van der Waals surface area contributed by atoms with E-state index >= 15 is 0 Å². The van der Waals surface area contributed by atoms with Crippen LogP contribution in [-0.2, 0) is 0 Å². The summed E-state index contributed by atoms with van der Waals surface area (Å²) in [5.74, 6) is 1.83. The van der Waals surface area contributed by atoms with E-state index in [1.807, 2.05) is 42.6 Å². The molecule has 0 saturated carbocycles. The molecule has 2 aromatic carbocycles. The van der Waals surface area contributed by atoms with Gasteiger partial charge in [0, 0.05) is 42.7 Å². The Morgan fingerprint density at radius 2 is 1.72 bits per heavy atom. The van der Waals surface area contributed by atoms with Crippen LogP contribution in [0.3, 0.4) is 0 Å². The van der Waals surface area contributed by atoms with E-state index in [9.17, 15) is 0 Å². The molecule has 0 amide bonds. The summed E-state index contributed by atoms with van der Waals surface area (Å²) in [6, 6.07) is 24.8. The molecule has 0 atom stereocenters. The van der Waals surface area contributed by atoms with E-state index in [4.69, 9.17) is 10.7 Å². The molecular formula is C26H22N6. The van der Waals surface area contributed by atoms with E-state index in [0.29, 0.717) is 11.7 Å². The largest absolute Gasteiger partial charge is 0.383 e. The summed E-state index contributed by atoms with van der Waals surface area (Å²) in [6.07, 6.45) is 3.51. The third kappa shape index (κ3) is 3.13. The number of imidazole rings is 1. The van der Waals surface area contributed by atoms with Crippen molar-refractivity contribution in [1.82, 2.24) is 24.8 Å². The van der Waals surface area contributed by atoms with Crippen LogP contribution in [0.25, 0.3) is 39.4 Å². The zero-order valence-corrected chi connectivity index (χ0v) is 17.4. The molecule has 0 bridgehead atoms. The number of nitrogens with two attached hydrogens (primary N) is 1. The molecule has 32 heavy (non-hydrogen) atoms. The van der Waals surface area contributed by atoms with Gasteiger partial charge in [-0.25, -0.2) is 9.97 Å². The van der Waals surface area contributed by atoms with Gasteiger partial charge < -0.3 is 11.1 Å². The van der Waals surface area contributed by atoms with Gasteiger partial charge in [0.15, 0.2) is 0 Å². The molecule has 3 aromatic heterocycles. The van der Waals surface area contributed by atoms with Gasteiger partial charge in [0.1, 0.15) is 11.6 Å². The fraction of sp³-hybridized carbons (Fsp3) is 0.115. The number of nitrogens with zero attached hydrogens (tertiary/aromatic N) is 4. The van der Waals surface area contributed by atoms with Gasteiger partial charge in [-0.1, -0.05) is 24.3 Å². The van der Waals surface area contributed by atoms with Gasteiger partial charge in [0.05, 0.1) is 22.3 Å². The van der Waals surface area contributed by atoms with Crippen LogP contribution < -0.4 is 11.1 Å². The van der Waals surface area contributed by atoms with Crippen LogP contribution in [0.5, 0.6) is 0 Å². The van der Waals surface area contributed by atoms with Gasteiger partial charge in [-0.2, -0.15) is 0 Å². The summed E-state index contributed by atoms with van der Waals surface area (Å²) in [6.45, 7) is 2.08. The van der Waals surface area contributed by atoms with Gasteiger partial charge in [-0.3, -0.25) is 9.55 Å². The number of nitrogens with one attached hydrogen (secondary N) is 1. The lowest BCUT2D eigenvalue weighted by Crippen LogP contribution is -2.39. The van der Waals surface area contributed by atoms with E-state index in [0.717, 1.165) is 52.5 Å². The van der Waals surface area contributed by atoms with Crippen LogP contribution in [0.4, 0.5) is 5.82 Å². The third-order valence-corrected chi connectivity index (χ3v) is 6.10. The topological polar surface area (TPSA) is 81.7 Å². The fourth-order valence-corrected chi connectivity index (χ4v) is 4.24. The molecule has 6 heteroatoms. The minimum absolute atomic E-state index is 0.464. The lowest BCUT2D eigenvalue weighted by atomic mass is 9.94. The third-order valence-electron chi connectivity index (χ3n) is 6.10. The number of hydrogen-bond acceptors (Lipinski definition) is 5. The summed E-state index contributed by atoms with van der Waals surface area (Å²) >= 11 is 0. The Morgan fingerprint density at radius 1 is 0.875 bits per heavy atom. The highest BCUT2D eigenvalue weighted by atomic mass is 15.1. The first-order valence-corrected chi connectivity index (χ1v) is 10.7. The zero-order valence-electron chi connectivity index (χ0n) is 17.4. The Kier molecular flexibility index (Phi) is 4.44. The van der Waals surface area contributed by atoms with Gasteiger partial charge in [0.2, 0.25) is 0 Å². The van der Waals surface area contributed by atoms with E-state index in [1.165, 1.54) is 5.56 Å². The Bertz CT molecular complexity index is 1400. The number of aromatic nitrogens is 4. The molecule has 6 rings (SSSR count). The van der Waals surface area contributed by atoms with Crippen LogP contribution in [0.1, 0.15) is 11.5 Å². The number of benzene rings is 2. The summed E-state index contributed by atoms with van der Waals surface area (Å²) < 4.78 is 2.16.